The van der Waals surface area contributed by atoms with Crippen molar-refractivity contribution in [3.8, 4) is 0 Å². The smallest absolute Gasteiger partial charge is 0.227 e. The highest BCUT2D eigenvalue weighted by Crippen LogP contribution is 2.22. The first-order chi connectivity index (χ1) is 12.3. The largest absolute Gasteiger partial charge is 0.356 e. The summed E-state index contributed by atoms with van der Waals surface area (Å²) in [5.74, 6) is 2.74. The highest BCUT2D eigenvalue weighted by Gasteiger charge is 2.22. The lowest BCUT2D eigenvalue weighted by Gasteiger charge is -2.35. The van der Waals surface area contributed by atoms with Crippen LogP contribution in [0.15, 0.2) is 24.5 Å². The minimum Gasteiger partial charge on any atom is -0.356 e. The van der Waals surface area contributed by atoms with Crippen molar-refractivity contribution in [3.63, 3.8) is 0 Å². The second-order valence-electron chi connectivity index (χ2n) is 6.74. The molecule has 0 N–H and O–H groups in total. The monoisotopic (exact) mass is 339 g/mol. The molecule has 0 aliphatic carbocycles. The maximum absolute atomic E-state index is 4.87. The van der Waals surface area contributed by atoms with Gasteiger partial charge in [-0.2, -0.15) is 4.98 Å². The lowest BCUT2D eigenvalue weighted by atomic mass is 10.1. The zero-order valence-corrected chi connectivity index (χ0v) is 14.8. The Morgan fingerprint density at radius 3 is 2.04 bits per heavy atom. The summed E-state index contributed by atoms with van der Waals surface area (Å²) >= 11 is 0. The van der Waals surface area contributed by atoms with E-state index in [0.29, 0.717) is 0 Å². The van der Waals surface area contributed by atoms with Crippen LogP contribution in [0.1, 0.15) is 25.0 Å². The molecule has 2 aliphatic rings. The predicted octanol–water partition coefficient (Wildman–Crippen LogP) is 1.89. The molecule has 7 nitrogen and oxygen atoms in total. The van der Waals surface area contributed by atoms with E-state index in [9.17, 15) is 0 Å². The second-order valence-corrected chi connectivity index (χ2v) is 6.74. The van der Waals surface area contributed by atoms with Gasteiger partial charge in [-0.1, -0.05) is 0 Å². The molecule has 2 aromatic heterocycles. The highest BCUT2D eigenvalue weighted by molar-refractivity contribution is 5.47. The molecule has 0 amide bonds. The number of hydrogen-bond donors (Lipinski definition) is 0. The fourth-order valence-corrected chi connectivity index (χ4v) is 3.52. The summed E-state index contributed by atoms with van der Waals surface area (Å²) in [7, 11) is 0. The van der Waals surface area contributed by atoms with Crippen LogP contribution in [-0.4, -0.2) is 59.2 Å². The molecular formula is C18H25N7. The van der Waals surface area contributed by atoms with E-state index >= 15 is 0 Å². The van der Waals surface area contributed by atoms with Crippen molar-refractivity contribution in [3.05, 3.63) is 30.2 Å². The van der Waals surface area contributed by atoms with Gasteiger partial charge in [-0.15, -0.1) is 0 Å². The Labute approximate surface area is 148 Å². The van der Waals surface area contributed by atoms with Crippen molar-refractivity contribution in [2.75, 3.05) is 54.0 Å². The van der Waals surface area contributed by atoms with Crippen molar-refractivity contribution >= 4 is 17.7 Å². The number of hydrogen-bond acceptors (Lipinski definition) is 7. The van der Waals surface area contributed by atoms with Crippen LogP contribution in [0.5, 0.6) is 0 Å². The van der Waals surface area contributed by atoms with Gasteiger partial charge >= 0.3 is 0 Å². The van der Waals surface area contributed by atoms with E-state index in [0.717, 1.165) is 62.7 Å². The summed E-state index contributed by atoms with van der Waals surface area (Å²) in [6, 6.07) is 3.96. The Bertz CT molecular complexity index is 692. The minimum absolute atomic E-state index is 0.807. The number of piperidine rings is 1. The average molecular weight is 339 g/mol. The number of nitrogens with zero attached hydrogens (tertiary/aromatic N) is 7. The van der Waals surface area contributed by atoms with Crippen molar-refractivity contribution in [2.24, 2.45) is 0 Å². The molecule has 0 bridgehead atoms. The lowest BCUT2D eigenvalue weighted by molar-refractivity contribution is 0.571. The molecule has 2 aromatic rings. The van der Waals surface area contributed by atoms with Crippen LogP contribution in [-0.2, 0) is 0 Å². The van der Waals surface area contributed by atoms with E-state index in [-0.39, 0.29) is 0 Å². The van der Waals surface area contributed by atoms with Gasteiger partial charge in [0, 0.05) is 63.4 Å². The number of rotatable bonds is 3. The Morgan fingerprint density at radius 2 is 1.36 bits per heavy atom. The first-order valence-corrected chi connectivity index (χ1v) is 9.17. The van der Waals surface area contributed by atoms with Gasteiger partial charge in [0.05, 0.1) is 0 Å². The summed E-state index contributed by atoms with van der Waals surface area (Å²) in [6.45, 7) is 7.83. The molecule has 0 atom stereocenters. The van der Waals surface area contributed by atoms with Gasteiger partial charge < -0.3 is 14.7 Å². The van der Waals surface area contributed by atoms with Crippen LogP contribution in [0.4, 0.5) is 17.7 Å². The molecule has 132 valence electrons. The number of aryl methyl sites for hydroxylation is 1. The van der Waals surface area contributed by atoms with Crippen LogP contribution in [0.2, 0.25) is 0 Å². The zero-order chi connectivity index (χ0) is 17.1. The van der Waals surface area contributed by atoms with E-state index < -0.39 is 0 Å². The van der Waals surface area contributed by atoms with Gasteiger partial charge in [0.2, 0.25) is 11.9 Å². The van der Waals surface area contributed by atoms with Gasteiger partial charge in [-0.25, -0.2) is 15.0 Å². The van der Waals surface area contributed by atoms with Crippen LogP contribution < -0.4 is 14.7 Å². The molecule has 0 unspecified atom stereocenters. The van der Waals surface area contributed by atoms with Crippen LogP contribution in [0.25, 0.3) is 0 Å². The Hall–Kier alpha value is -2.44. The quantitative estimate of drug-likeness (QED) is 0.846. The maximum Gasteiger partial charge on any atom is 0.227 e. The molecule has 4 rings (SSSR count). The molecular weight excluding hydrogens is 314 g/mol. The third-order valence-electron chi connectivity index (χ3n) is 4.91. The van der Waals surface area contributed by atoms with E-state index in [1.807, 2.05) is 6.07 Å². The Kier molecular flexibility index (Phi) is 4.63. The number of aromatic nitrogens is 4. The molecule has 2 aliphatic heterocycles. The lowest BCUT2D eigenvalue weighted by Crippen LogP contribution is -2.47. The van der Waals surface area contributed by atoms with Gasteiger partial charge in [0.1, 0.15) is 5.82 Å². The molecule has 2 saturated heterocycles. The molecule has 0 spiro atoms. The molecule has 25 heavy (non-hydrogen) atoms. The summed E-state index contributed by atoms with van der Waals surface area (Å²) in [4.78, 5) is 25.2. The number of anilines is 3. The summed E-state index contributed by atoms with van der Waals surface area (Å²) < 4.78 is 0. The normalized spacial score (nSPS) is 18.5. The predicted molar refractivity (Wildman–Crippen MR) is 99.3 cm³/mol. The first-order valence-electron chi connectivity index (χ1n) is 9.17. The maximum atomic E-state index is 4.87. The average Bonchev–Trinajstić information content (AvgIpc) is 2.69. The van der Waals surface area contributed by atoms with Gasteiger partial charge in [-0.05, 0) is 32.3 Å². The molecule has 0 aromatic carbocycles. The molecule has 7 heteroatoms. The SMILES string of the molecule is Cc1cc(N2CCCCC2)nc(N2CCN(c3ncccn3)CC2)n1. The molecule has 4 heterocycles. The van der Waals surface area contributed by atoms with E-state index in [1.54, 1.807) is 12.4 Å². The van der Waals surface area contributed by atoms with E-state index in [4.69, 9.17) is 4.98 Å². The zero-order valence-electron chi connectivity index (χ0n) is 14.8. The van der Waals surface area contributed by atoms with Gasteiger partial charge in [0.15, 0.2) is 0 Å². The van der Waals surface area contributed by atoms with Crippen LogP contribution in [0, 0.1) is 6.92 Å². The Morgan fingerprint density at radius 1 is 0.720 bits per heavy atom. The van der Waals surface area contributed by atoms with Crippen LogP contribution in [0.3, 0.4) is 0 Å². The summed E-state index contributed by atoms with van der Waals surface area (Å²) in [5.41, 5.74) is 1.04. The van der Waals surface area contributed by atoms with Crippen molar-refractivity contribution in [1.82, 2.24) is 19.9 Å². The van der Waals surface area contributed by atoms with Gasteiger partial charge in [-0.3, -0.25) is 0 Å². The first kappa shape index (κ1) is 16.1. The fraction of sp³-hybridized carbons (Fsp3) is 0.556. The fourth-order valence-electron chi connectivity index (χ4n) is 3.52. The van der Waals surface area contributed by atoms with Crippen molar-refractivity contribution in [1.29, 1.82) is 0 Å². The highest BCUT2D eigenvalue weighted by atomic mass is 15.4. The third kappa shape index (κ3) is 3.65. The number of piperazine rings is 1. The molecule has 0 saturated carbocycles. The standard InChI is InChI=1S/C18H25N7/c1-15-14-16(23-8-3-2-4-9-23)22-18(21-15)25-12-10-24(11-13-25)17-19-6-5-7-20-17/h5-7,14H,2-4,8-13H2,1H3. The molecule has 0 radical (unpaired) electrons. The van der Waals surface area contributed by atoms with E-state index in [1.165, 1.54) is 19.3 Å². The van der Waals surface area contributed by atoms with Crippen LogP contribution >= 0.6 is 0 Å². The summed E-state index contributed by atoms with van der Waals surface area (Å²) in [6.07, 6.45) is 7.44. The minimum atomic E-state index is 0.807. The second kappa shape index (κ2) is 7.21. The topological polar surface area (TPSA) is 61.3 Å². The third-order valence-corrected chi connectivity index (χ3v) is 4.91. The Balaban J connectivity index is 1.46. The molecule has 2 fully saturated rings. The van der Waals surface area contributed by atoms with Crippen molar-refractivity contribution in [2.45, 2.75) is 26.2 Å². The summed E-state index contributed by atoms with van der Waals surface area (Å²) in [5, 5.41) is 0. The van der Waals surface area contributed by atoms with Crippen molar-refractivity contribution < 1.29 is 0 Å². The van der Waals surface area contributed by atoms with Gasteiger partial charge in [0.25, 0.3) is 0 Å². The van der Waals surface area contributed by atoms with E-state index in [2.05, 4.69) is 42.6 Å².